The molecule has 33 heavy (non-hydrogen) atoms. The van der Waals surface area contributed by atoms with Crippen molar-refractivity contribution in [3.8, 4) is 5.75 Å². The van der Waals surface area contributed by atoms with Gasteiger partial charge >= 0.3 is 0 Å². The van der Waals surface area contributed by atoms with Crippen molar-refractivity contribution < 1.29 is 18.7 Å². The van der Waals surface area contributed by atoms with Crippen molar-refractivity contribution in [2.45, 2.75) is 19.0 Å². The molecule has 0 bridgehead atoms. The van der Waals surface area contributed by atoms with Crippen LogP contribution in [0.15, 0.2) is 73.1 Å². The number of aromatic nitrogens is 1. The van der Waals surface area contributed by atoms with Crippen LogP contribution in [0.4, 0.5) is 15.8 Å². The molecule has 1 N–H and O–H groups in total. The zero-order valence-electron chi connectivity index (χ0n) is 17.8. The molecule has 7 nitrogen and oxygen atoms in total. The molecule has 2 heterocycles. The molecule has 1 unspecified atom stereocenters. The molecule has 2 amide bonds. The van der Waals surface area contributed by atoms with Gasteiger partial charge in [-0.25, -0.2) is 4.39 Å². The number of amides is 2. The highest BCUT2D eigenvalue weighted by Crippen LogP contribution is 2.30. The van der Waals surface area contributed by atoms with E-state index in [1.54, 1.807) is 54.7 Å². The van der Waals surface area contributed by atoms with E-state index in [2.05, 4.69) is 10.3 Å². The molecular weight excluding hydrogens is 443 g/mol. The minimum atomic E-state index is -0.805. The molecule has 168 valence electrons. The van der Waals surface area contributed by atoms with E-state index in [1.165, 1.54) is 29.2 Å². The highest BCUT2D eigenvalue weighted by Gasteiger charge is 2.44. The van der Waals surface area contributed by atoms with Gasteiger partial charge in [0.05, 0.1) is 19.2 Å². The standard InChI is InChI=1S/C24H21FN4O3S/c1-32-20-10-8-19(9-11-20)29-23(31)21(13-22(30)27-18-6-4-17(25)5-7-18)28(24(29)33)15-16-3-2-12-26-14-16/h2-12,14,21H,13,15H2,1H3,(H,27,30). The summed E-state index contributed by atoms with van der Waals surface area (Å²) in [4.78, 5) is 33.5. The molecule has 1 atom stereocenters. The molecule has 1 saturated heterocycles. The number of pyridine rings is 1. The number of carbonyl (C=O) groups excluding carboxylic acids is 2. The van der Waals surface area contributed by atoms with Crippen LogP contribution in [0.2, 0.25) is 0 Å². The average molecular weight is 465 g/mol. The van der Waals surface area contributed by atoms with Gasteiger partial charge < -0.3 is 15.0 Å². The lowest BCUT2D eigenvalue weighted by atomic mass is 10.1. The summed E-state index contributed by atoms with van der Waals surface area (Å²) in [5.41, 5.74) is 1.89. The molecule has 0 radical (unpaired) electrons. The first-order valence-corrected chi connectivity index (χ1v) is 10.6. The van der Waals surface area contributed by atoms with Gasteiger partial charge in [0.25, 0.3) is 5.91 Å². The summed E-state index contributed by atoms with van der Waals surface area (Å²) in [5.74, 6) is -0.431. The maximum atomic E-state index is 13.4. The van der Waals surface area contributed by atoms with E-state index in [0.29, 0.717) is 28.8 Å². The summed E-state index contributed by atoms with van der Waals surface area (Å²) in [7, 11) is 1.56. The number of thiocarbonyl (C=S) groups is 1. The van der Waals surface area contributed by atoms with Gasteiger partial charge in [-0.1, -0.05) is 6.07 Å². The maximum Gasteiger partial charge on any atom is 0.256 e. The normalized spacial score (nSPS) is 15.6. The quantitative estimate of drug-likeness (QED) is 0.537. The topological polar surface area (TPSA) is 74.8 Å². The molecule has 1 fully saturated rings. The van der Waals surface area contributed by atoms with Gasteiger partial charge in [0, 0.05) is 24.6 Å². The molecule has 4 rings (SSSR count). The van der Waals surface area contributed by atoms with E-state index in [4.69, 9.17) is 17.0 Å². The minimum absolute atomic E-state index is 0.122. The zero-order chi connectivity index (χ0) is 23.4. The van der Waals surface area contributed by atoms with Crippen molar-refractivity contribution in [2.24, 2.45) is 0 Å². The fraction of sp³-hybridized carbons (Fsp3) is 0.167. The first-order chi connectivity index (χ1) is 16.0. The predicted molar refractivity (Wildman–Crippen MR) is 126 cm³/mol. The number of halogens is 1. The second-order valence-corrected chi connectivity index (χ2v) is 7.78. The van der Waals surface area contributed by atoms with Gasteiger partial charge in [0.15, 0.2) is 5.11 Å². The third-order valence-corrected chi connectivity index (χ3v) is 5.65. The summed E-state index contributed by atoms with van der Waals surface area (Å²) in [6.45, 7) is 0.319. The molecule has 1 aromatic heterocycles. The minimum Gasteiger partial charge on any atom is -0.497 e. The number of rotatable bonds is 7. The van der Waals surface area contributed by atoms with Gasteiger partial charge in [-0.15, -0.1) is 0 Å². The Kier molecular flexibility index (Phi) is 6.60. The van der Waals surface area contributed by atoms with Crippen LogP contribution in [0.5, 0.6) is 5.75 Å². The SMILES string of the molecule is COc1ccc(N2C(=O)C(CC(=O)Nc3ccc(F)cc3)N(Cc3cccnc3)C2=S)cc1. The van der Waals surface area contributed by atoms with E-state index < -0.39 is 11.9 Å². The summed E-state index contributed by atoms with van der Waals surface area (Å²) in [6.07, 6.45) is 3.23. The number of carbonyl (C=O) groups is 2. The van der Waals surface area contributed by atoms with Gasteiger partial charge in [-0.2, -0.15) is 0 Å². The number of methoxy groups -OCH3 is 1. The van der Waals surface area contributed by atoms with Crippen molar-refractivity contribution in [1.82, 2.24) is 9.88 Å². The van der Waals surface area contributed by atoms with E-state index in [9.17, 15) is 14.0 Å². The van der Waals surface area contributed by atoms with Crippen LogP contribution in [0.1, 0.15) is 12.0 Å². The number of hydrogen-bond acceptors (Lipinski definition) is 5. The lowest BCUT2D eigenvalue weighted by Gasteiger charge is -2.24. The predicted octanol–water partition coefficient (Wildman–Crippen LogP) is 3.76. The van der Waals surface area contributed by atoms with Crippen LogP contribution < -0.4 is 15.0 Å². The highest BCUT2D eigenvalue weighted by atomic mass is 32.1. The molecule has 1 aliphatic rings. The molecule has 0 spiro atoms. The van der Waals surface area contributed by atoms with Crippen LogP contribution in [0, 0.1) is 5.82 Å². The van der Waals surface area contributed by atoms with Crippen LogP contribution in [0.25, 0.3) is 0 Å². The number of hydrogen-bond donors (Lipinski definition) is 1. The van der Waals surface area contributed by atoms with E-state index in [0.717, 1.165) is 5.56 Å². The summed E-state index contributed by atoms with van der Waals surface area (Å²) in [6, 6.07) is 15.3. The van der Waals surface area contributed by atoms with Crippen molar-refractivity contribution in [2.75, 3.05) is 17.3 Å². The number of anilines is 2. The second-order valence-electron chi connectivity index (χ2n) is 7.42. The number of ether oxygens (including phenoxy) is 1. The summed E-state index contributed by atoms with van der Waals surface area (Å²) in [5, 5.41) is 3.01. The molecule has 1 aliphatic heterocycles. The van der Waals surface area contributed by atoms with Crippen molar-refractivity contribution in [3.05, 3.63) is 84.4 Å². The molecule has 0 aliphatic carbocycles. The first-order valence-electron chi connectivity index (χ1n) is 10.2. The lowest BCUT2D eigenvalue weighted by molar-refractivity contribution is -0.124. The third kappa shape index (κ3) is 4.98. The maximum absolute atomic E-state index is 13.4. The fourth-order valence-electron chi connectivity index (χ4n) is 3.59. The number of nitrogens with zero attached hydrogens (tertiary/aromatic N) is 3. The molecule has 3 aromatic rings. The van der Waals surface area contributed by atoms with E-state index >= 15 is 0 Å². The molecule has 2 aromatic carbocycles. The van der Waals surface area contributed by atoms with E-state index in [-0.39, 0.29) is 18.2 Å². The lowest BCUT2D eigenvalue weighted by Crippen LogP contribution is -2.37. The zero-order valence-corrected chi connectivity index (χ0v) is 18.6. The van der Waals surface area contributed by atoms with Crippen molar-refractivity contribution >= 4 is 40.5 Å². The molecule has 9 heteroatoms. The summed E-state index contributed by atoms with van der Waals surface area (Å²) >= 11 is 5.66. The van der Waals surface area contributed by atoms with Crippen LogP contribution in [-0.2, 0) is 16.1 Å². The Hall–Kier alpha value is -3.85. The smallest absolute Gasteiger partial charge is 0.256 e. The van der Waals surface area contributed by atoms with Gasteiger partial charge in [0.2, 0.25) is 5.91 Å². The summed E-state index contributed by atoms with van der Waals surface area (Å²) < 4.78 is 18.4. The second kappa shape index (κ2) is 9.74. The molecular formula is C24H21FN4O3S. The Morgan fingerprint density at radius 2 is 1.88 bits per heavy atom. The van der Waals surface area contributed by atoms with Crippen LogP contribution in [0.3, 0.4) is 0 Å². The number of benzene rings is 2. The monoisotopic (exact) mass is 464 g/mol. The Morgan fingerprint density at radius 1 is 1.15 bits per heavy atom. The van der Waals surface area contributed by atoms with Gasteiger partial charge in [-0.3, -0.25) is 19.5 Å². The van der Waals surface area contributed by atoms with E-state index in [1.807, 2.05) is 6.07 Å². The average Bonchev–Trinajstić information content (AvgIpc) is 3.05. The Balaban J connectivity index is 1.59. The molecule has 0 saturated carbocycles. The van der Waals surface area contributed by atoms with Gasteiger partial charge in [0.1, 0.15) is 17.6 Å². The fourth-order valence-corrected chi connectivity index (χ4v) is 3.98. The Labute approximate surface area is 195 Å². The van der Waals surface area contributed by atoms with Crippen molar-refractivity contribution in [3.63, 3.8) is 0 Å². The van der Waals surface area contributed by atoms with Crippen LogP contribution >= 0.6 is 12.2 Å². The highest BCUT2D eigenvalue weighted by molar-refractivity contribution is 7.80. The number of nitrogens with one attached hydrogen (secondary N) is 1. The van der Waals surface area contributed by atoms with Crippen LogP contribution in [-0.4, -0.2) is 40.0 Å². The Bertz CT molecular complexity index is 1160. The largest absolute Gasteiger partial charge is 0.497 e. The third-order valence-electron chi connectivity index (χ3n) is 5.23. The first kappa shape index (κ1) is 22.3. The van der Waals surface area contributed by atoms with Gasteiger partial charge in [-0.05, 0) is 72.4 Å². The van der Waals surface area contributed by atoms with Crippen molar-refractivity contribution in [1.29, 1.82) is 0 Å². The Morgan fingerprint density at radius 3 is 2.52 bits per heavy atom.